The van der Waals surface area contributed by atoms with Crippen molar-refractivity contribution in [3.8, 4) is 5.75 Å². The fourth-order valence-electron chi connectivity index (χ4n) is 1.86. The number of hydrogen-bond donors (Lipinski definition) is 0. The molecule has 0 saturated heterocycles. The average molecular weight is 259 g/mol. The van der Waals surface area contributed by atoms with E-state index in [-0.39, 0.29) is 11.3 Å². The molecule has 0 N–H and O–H groups in total. The molecule has 0 spiro atoms. The summed E-state index contributed by atoms with van der Waals surface area (Å²) in [5.41, 5.74) is 0.889. The zero-order valence-corrected chi connectivity index (χ0v) is 10.8. The van der Waals surface area contributed by atoms with E-state index in [9.17, 15) is 9.18 Å². The number of ketones is 1. The van der Waals surface area contributed by atoms with E-state index in [1.807, 2.05) is 0 Å². The summed E-state index contributed by atoms with van der Waals surface area (Å²) in [4.78, 5) is 16.2. The summed E-state index contributed by atoms with van der Waals surface area (Å²) in [6.07, 6.45) is 3.23. The molecule has 19 heavy (non-hydrogen) atoms. The van der Waals surface area contributed by atoms with Crippen molar-refractivity contribution in [1.82, 2.24) is 4.98 Å². The van der Waals surface area contributed by atoms with Gasteiger partial charge in [0.05, 0.1) is 12.7 Å². The summed E-state index contributed by atoms with van der Waals surface area (Å²) in [6.45, 7) is 1.75. The lowest BCUT2D eigenvalue weighted by atomic mass is 9.93. The normalized spacial score (nSPS) is 11.9. The van der Waals surface area contributed by atoms with Crippen LogP contribution in [0.4, 0.5) is 4.39 Å². The van der Waals surface area contributed by atoms with Crippen molar-refractivity contribution in [3.05, 3.63) is 59.7 Å². The number of nitrogens with zero attached hydrogens (tertiary/aromatic N) is 1. The summed E-state index contributed by atoms with van der Waals surface area (Å²) >= 11 is 0. The average Bonchev–Trinajstić information content (AvgIpc) is 2.46. The fourth-order valence-corrected chi connectivity index (χ4v) is 1.86. The smallest absolute Gasteiger partial charge is 0.172 e. The van der Waals surface area contributed by atoms with Crippen molar-refractivity contribution < 1.29 is 13.9 Å². The summed E-state index contributed by atoms with van der Waals surface area (Å²) in [7, 11) is 1.45. The zero-order chi connectivity index (χ0) is 13.8. The third-order valence-electron chi connectivity index (χ3n) is 3.04. The molecule has 3 nitrogen and oxygen atoms in total. The molecule has 0 aliphatic rings. The van der Waals surface area contributed by atoms with Gasteiger partial charge in [0.25, 0.3) is 0 Å². The predicted octanol–water partition coefficient (Wildman–Crippen LogP) is 3.22. The van der Waals surface area contributed by atoms with E-state index in [4.69, 9.17) is 4.74 Å². The van der Waals surface area contributed by atoms with Gasteiger partial charge in [-0.15, -0.1) is 0 Å². The van der Waals surface area contributed by atoms with Crippen LogP contribution in [0.2, 0.25) is 0 Å². The van der Waals surface area contributed by atoms with Gasteiger partial charge in [-0.2, -0.15) is 0 Å². The van der Waals surface area contributed by atoms with Gasteiger partial charge in [-0.1, -0.05) is 6.92 Å². The third-order valence-corrected chi connectivity index (χ3v) is 3.04. The zero-order valence-electron chi connectivity index (χ0n) is 10.8. The van der Waals surface area contributed by atoms with Crippen molar-refractivity contribution in [2.75, 3.05) is 7.11 Å². The van der Waals surface area contributed by atoms with Crippen LogP contribution in [-0.2, 0) is 0 Å². The predicted molar refractivity (Wildman–Crippen MR) is 69.9 cm³/mol. The minimum Gasteiger partial charge on any atom is -0.497 e. The van der Waals surface area contributed by atoms with Gasteiger partial charge in [-0.25, -0.2) is 4.39 Å². The summed E-state index contributed by atoms with van der Waals surface area (Å²) in [6, 6.07) is 7.75. The topological polar surface area (TPSA) is 39.2 Å². The highest BCUT2D eigenvalue weighted by molar-refractivity contribution is 6.01. The number of halogens is 1. The number of aromatic nitrogens is 1. The van der Waals surface area contributed by atoms with Gasteiger partial charge in [-0.3, -0.25) is 9.78 Å². The standard InChI is InChI=1S/C15H14FNO2/c1-10(11-5-7-17-8-6-11)15(18)13-4-3-12(19-2)9-14(13)16/h3-10H,1-2H3. The first-order chi connectivity index (χ1) is 9.13. The van der Waals surface area contributed by atoms with Crippen LogP contribution in [0.25, 0.3) is 0 Å². The lowest BCUT2D eigenvalue weighted by Gasteiger charge is -2.11. The second-order valence-electron chi connectivity index (χ2n) is 4.21. The van der Waals surface area contributed by atoms with E-state index in [0.717, 1.165) is 5.56 Å². The van der Waals surface area contributed by atoms with Gasteiger partial charge < -0.3 is 4.74 Å². The van der Waals surface area contributed by atoms with Crippen LogP contribution in [0.1, 0.15) is 28.8 Å². The van der Waals surface area contributed by atoms with Gasteiger partial charge in [-0.05, 0) is 29.8 Å². The Kier molecular flexibility index (Phi) is 3.90. The van der Waals surface area contributed by atoms with Crippen LogP contribution in [0.15, 0.2) is 42.7 Å². The maximum absolute atomic E-state index is 13.9. The maximum atomic E-state index is 13.9. The Balaban J connectivity index is 2.29. The highest BCUT2D eigenvalue weighted by Gasteiger charge is 2.20. The van der Waals surface area contributed by atoms with E-state index >= 15 is 0 Å². The molecule has 0 radical (unpaired) electrons. The van der Waals surface area contributed by atoms with Crippen molar-refractivity contribution in [2.24, 2.45) is 0 Å². The quantitative estimate of drug-likeness (QED) is 0.791. The van der Waals surface area contributed by atoms with Crippen LogP contribution < -0.4 is 4.74 Å². The van der Waals surface area contributed by atoms with Crippen LogP contribution in [0.5, 0.6) is 5.75 Å². The fraction of sp³-hybridized carbons (Fsp3) is 0.200. The first-order valence-corrected chi connectivity index (χ1v) is 5.91. The molecule has 4 heteroatoms. The highest BCUT2D eigenvalue weighted by Crippen LogP contribution is 2.23. The molecule has 1 heterocycles. The van der Waals surface area contributed by atoms with Crippen molar-refractivity contribution >= 4 is 5.78 Å². The molecule has 2 aromatic rings. The molecule has 0 aliphatic carbocycles. The van der Waals surface area contributed by atoms with Gasteiger partial charge in [0.2, 0.25) is 0 Å². The number of benzene rings is 1. The van der Waals surface area contributed by atoms with Gasteiger partial charge in [0, 0.05) is 24.4 Å². The minimum atomic E-state index is -0.565. The molecule has 2 rings (SSSR count). The second-order valence-corrected chi connectivity index (χ2v) is 4.21. The number of Topliss-reactive ketones (excluding diaryl/α,β-unsaturated/α-hetero) is 1. The first-order valence-electron chi connectivity index (χ1n) is 5.91. The van der Waals surface area contributed by atoms with E-state index in [0.29, 0.717) is 5.75 Å². The maximum Gasteiger partial charge on any atom is 0.172 e. The second kappa shape index (κ2) is 5.61. The number of hydrogen-bond acceptors (Lipinski definition) is 3. The third kappa shape index (κ3) is 2.78. The van der Waals surface area contributed by atoms with E-state index in [1.165, 1.54) is 19.2 Å². The summed E-state index contributed by atoms with van der Waals surface area (Å²) in [5, 5.41) is 0. The Hall–Kier alpha value is -2.23. The summed E-state index contributed by atoms with van der Waals surface area (Å²) < 4.78 is 18.8. The highest BCUT2D eigenvalue weighted by atomic mass is 19.1. The number of methoxy groups -OCH3 is 1. The molecule has 0 saturated carbocycles. The molecular weight excluding hydrogens is 245 g/mol. The van der Waals surface area contributed by atoms with Crippen LogP contribution in [-0.4, -0.2) is 17.9 Å². The Morgan fingerprint density at radius 1 is 1.26 bits per heavy atom. The van der Waals surface area contributed by atoms with Crippen LogP contribution in [0, 0.1) is 5.82 Å². The molecule has 1 aromatic carbocycles. The molecule has 98 valence electrons. The van der Waals surface area contributed by atoms with Crippen molar-refractivity contribution in [3.63, 3.8) is 0 Å². The van der Waals surface area contributed by atoms with Crippen molar-refractivity contribution in [2.45, 2.75) is 12.8 Å². The molecule has 0 bridgehead atoms. The largest absolute Gasteiger partial charge is 0.497 e. The Bertz CT molecular complexity index is 584. The first kappa shape index (κ1) is 13.2. The van der Waals surface area contributed by atoms with E-state index in [2.05, 4.69) is 4.98 Å². The van der Waals surface area contributed by atoms with E-state index < -0.39 is 11.7 Å². The van der Waals surface area contributed by atoms with E-state index in [1.54, 1.807) is 37.5 Å². The number of carbonyl (C=O) groups excluding carboxylic acids is 1. The molecule has 1 unspecified atom stereocenters. The van der Waals surface area contributed by atoms with Crippen LogP contribution in [0.3, 0.4) is 0 Å². The molecule has 1 aromatic heterocycles. The molecule has 0 aliphatic heterocycles. The molecular formula is C15H14FNO2. The SMILES string of the molecule is COc1ccc(C(=O)C(C)c2ccncc2)c(F)c1. The Labute approximate surface area is 111 Å². The minimum absolute atomic E-state index is 0.0742. The molecule has 0 fully saturated rings. The number of ether oxygens (including phenoxy) is 1. The number of rotatable bonds is 4. The Morgan fingerprint density at radius 2 is 1.95 bits per heavy atom. The van der Waals surface area contributed by atoms with Gasteiger partial charge in [0.15, 0.2) is 5.78 Å². The lowest BCUT2D eigenvalue weighted by Crippen LogP contribution is -2.11. The Morgan fingerprint density at radius 3 is 2.53 bits per heavy atom. The number of carbonyl (C=O) groups is 1. The number of pyridine rings is 1. The van der Waals surface area contributed by atoms with Crippen LogP contribution >= 0.6 is 0 Å². The monoisotopic (exact) mass is 259 g/mol. The van der Waals surface area contributed by atoms with Gasteiger partial charge in [0.1, 0.15) is 11.6 Å². The lowest BCUT2D eigenvalue weighted by molar-refractivity contribution is 0.0962. The van der Waals surface area contributed by atoms with Gasteiger partial charge >= 0.3 is 0 Å². The summed E-state index contributed by atoms with van der Waals surface area (Å²) in [5.74, 6) is -0.840. The molecule has 0 amide bonds. The molecule has 1 atom stereocenters. The van der Waals surface area contributed by atoms with Crippen molar-refractivity contribution in [1.29, 1.82) is 0 Å².